The third kappa shape index (κ3) is 3.84. The molecule has 0 aliphatic carbocycles. The average Bonchev–Trinajstić information content (AvgIpc) is 3.08. The highest BCUT2D eigenvalue weighted by Gasteiger charge is 2.37. The zero-order chi connectivity index (χ0) is 19.9. The lowest BCUT2D eigenvalue weighted by Gasteiger charge is -2.27. The number of aromatic nitrogens is 2. The van der Waals surface area contributed by atoms with Crippen LogP contribution in [0, 0.1) is 13.8 Å². The number of aromatic amines is 1. The Hall–Kier alpha value is -2.19. The van der Waals surface area contributed by atoms with Gasteiger partial charge < -0.3 is 9.26 Å². The monoisotopic (exact) mass is 408 g/mol. The van der Waals surface area contributed by atoms with Crippen molar-refractivity contribution in [2.75, 3.05) is 6.61 Å². The summed E-state index contributed by atoms with van der Waals surface area (Å²) in [6, 6.07) is 5.08. The van der Waals surface area contributed by atoms with Gasteiger partial charge in [0, 0.05) is 17.8 Å². The Morgan fingerprint density at radius 2 is 2.11 bits per heavy atom. The molecule has 0 saturated carbocycles. The molecule has 2 aromatic rings. The van der Waals surface area contributed by atoms with Crippen LogP contribution >= 0.6 is 7.82 Å². The summed E-state index contributed by atoms with van der Waals surface area (Å²) in [5.74, 6) is 0.511. The molecular weight excluding hydrogens is 387 g/mol. The predicted octanol–water partition coefficient (Wildman–Crippen LogP) is 2.56. The first-order valence-electron chi connectivity index (χ1n) is 8.99. The molecule has 9 nitrogen and oxygen atoms in total. The number of fused-ring (bicyclic) bond motifs is 1. The maximum atomic E-state index is 12.8. The molecule has 0 radical (unpaired) electrons. The van der Waals surface area contributed by atoms with Crippen LogP contribution in [0.2, 0.25) is 0 Å². The Kier molecular flexibility index (Phi) is 5.01. The van der Waals surface area contributed by atoms with E-state index in [0.717, 1.165) is 16.7 Å². The number of aryl methyl sites for hydroxylation is 2. The number of hydrogen-bond donors (Lipinski definition) is 1. The summed E-state index contributed by atoms with van der Waals surface area (Å²) in [7, 11) is -3.74. The molecule has 2 aliphatic rings. The summed E-state index contributed by atoms with van der Waals surface area (Å²) in [6.07, 6.45) is 1.67. The molecule has 0 amide bonds. The molecule has 4 rings (SSSR count). The van der Waals surface area contributed by atoms with Crippen LogP contribution in [0.1, 0.15) is 35.8 Å². The minimum atomic E-state index is -3.74. The third-order valence-electron chi connectivity index (χ3n) is 4.82. The van der Waals surface area contributed by atoms with E-state index in [2.05, 4.69) is 4.98 Å². The Morgan fingerprint density at radius 3 is 2.89 bits per heavy atom. The molecule has 1 N–H and O–H groups in total. The van der Waals surface area contributed by atoms with Gasteiger partial charge in [-0.05, 0) is 43.9 Å². The van der Waals surface area contributed by atoms with Crippen LogP contribution in [0.4, 0.5) is 0 Å². The number of ether oxygens (including phenoxy) is 1. The molecule has 1 saturated heterocycles. The van der Waals surface area contributed by atoms with E-state index in [-0.39, 0.29) is 19.3 Å². The van der Waals surface area contributed by atoms with Crippen molar-refractivity contribution < 1.29 is 22.9 Å². The first kappa shape index (κ1) is 19.1. The van der Waals surface area contributed by atoms with Crippen LogP contribution in [-0.4, -0.2) is 22.3 Å². The van der Waals surface area contributed by atoms with E-state index in [1.807, 2.05) is 26.0 Å². The number of H-pyrrole nitrogens is 1. The number of phosphoric acid groups is 1. The van der Waals surface area contributed by atoms with E-state index in [1.54, 1.807) is 0 Å². The number of nitrogens with one attached hydrogen (secondary N) is 1. The molecule has 3 heterocycles. The molecule has 28 heavy (non-hydrogen) atoms. The van der Waals surface area contributed by atoms with Gasteiger partial charge in [-0.15, -0.1) is 0 Å². The lowest BCUT2D eigenvalue weighted by Crippen LogP contribution is -2.31. The zero-order valence-corrected chi connectivity index (χ0v) is 16.4. The number of phosphoric ester groups is 1. The second kappa shape index (κ2) is 7.33. The maximum absolute atomic E-state index is 12.8. The van der Waals surface area contributed by atoms with Gasteiger partial charge in [-0.1, -0.05) is 6.07 Å². The van der Waals surface area contributed by atoms with Crippen molar-refractivity contribution in [2.45, 2.75) is 45.6 Å². The third-order valence-corrected chi connectivity index (χ3v) is 6.15. The van der Waals surface area contributed by atoms with Gasteiger partial charge in [-0.3, -0.25) is 23.4 Å². The van der Waals surface area contributed by atoms with E-state index in [9.17, 15) is 14.2 Å². The number of benzene rings is 1. The Bertz CT molecular complexity index is 1060. The summed E-state index contributed by atoms with van der Waals surface area (Å²) >= 11 is 0. The lowest BCUT2D eigenvalue weighted by atomic mass is 10.1. The van der Waals surface area contributed by atoms with Crippen LogP contribution in [-0.2, 0) is 25.0 Å². The number of hydrogen-bond acceptors (Lipinski definition) is 7. The molecule has 1 aromatic heterocycles. The summed E-state index contributed by atoms with van der Waals surface area (Å²) < 4.78 is 36.3. The molecule has 10 heteroatoms. The predicted molar refractivity (Wildman–Crippen MR) is 99.4 cm³/mol. The van der Waals surface area contributed by atoms with Crippen molar-refractivity contribution in [1.82, 2.24) is 9.55 Å². The van der Waals surface area contributed by atoms with Gasteiger partial charge in [0.25, 0.3) is 5.56 Å². The summed E-state index contributed by atoms with van der Waals surface area (Å²) in [6.45, 7) is 4.04. The number of rotatable bonds is 4. The highest BCUT2D eigenvalue weighted by atomic mass is 31.2. The molecule has 0 bridgehead atoms. The fourth-order valence-electron chi connectivity index (χ4n) is 3.42. The SMILES string of the molecule is Cc1cc(C)c2c(c1)OP(=O)(OCC1CCC(n3ccc(=O)[nH]c3=O)O1)OC2. The minimum absolute atomic E-state index is 0.00597. The van der Waals surface area contributed by atoms with E-state index in [1.165, 1.54) is 16.8 Å². The smallest absolute Gasteiger partial charge is 0.404 e. The Balaban J connectivity index is 1.39. The molecule has 3 atom stereocenters. The summed E-state index contributed by atoms with van der Waals surface area (Å²) in [5.41, 5.74) is 1.87. The van der Waals surface area contributed by atoms with Gasteiger partial charge in [0.15, 0.2) is 0 Å². The topological polar surface area (TPSA) is 109 Å². The van der Waals surface area contributed by atoms with E-state index >= 15 is 0 Å². The van der Waals surface area contributed by atoms with Crippen molar-refractivity contribution in [3.8, 4) is 5.75 Å². The van der Waals surface area contributed by atoms with Crippen molar-refractivity contribution >= 4 is 7.82 Å². The van der Waals surface area contributed by atoms with Crippen molar-refractivity contribution in [1.29, 1.82) is 0 Å². The van der Waals surface area contributed by atoms with E-state index in [0.29, 0.717) is 18.6 Å². The molecule has 0 spiro atoms. The van der Waals surface area contributed by atoms with Gasteiger partial charge in [0.2, 0.25) is 0 Å². The van der Waals surface area contributed by atoms with Gasteiger partial charge in [-0.25, -0.2) is 9.36 Å². The van der Waals surface area contributed by atoms with Gasteiger partial charge >= 0.3 is 13.5 Å². The highest BCUT2D eigenvalue weighted by molar-refractivity contribution is 7.49. The zero-order valence-electron chi connectivity index (χ0n) is 15.5. The van der Waals surface area contributed by atoms with Crippen molar-refractivity contribution in [3.05, 3.63) is 61.9 Å². The summed E-state index contributed by atoms with van der Waals surface area (Å²) in [5, 5.41) is 0. The number of nitrogens with zero attached hydrogens (tertiary/aromatic N) is 1. The lowest BCUT2D eigenvalue weighted by molar-refractivity contribution is -0.0264. The van der Waals surface area contributed by atoms with Gasteiger partial charge in [0.05, 0.1) is 19.3 Å². The van der Waals surface area contributed by atoms with Crippen LogP contribution in [0.5, 0.6) is 5.75 Å². The first-order valence-corrected chi connectivity index (χ1v) is 10.4. The van der Waals surface area contributed by atoms with Crippen LogP contribution < -0.4 is 15.8 Å². The maximum Gasteiger partial charge on any atom is 0.530 e. The molecule has 150 valence electrons. The van der Waals surface area contributed by atoms with E-state index in [4.69, 9.17) is 18.3 Å². The van der Waals surface area contributed by atoms with Gasteiger partial charge in [0.1, 0.15) is 12.0 Å². The largest absolute Gasteiger partial charge is 0.530 e. The average molecular weight is 408 g/mol. The fraction of sp³-hybridized carbons (Fsp3) is 0.444. The second-order valence-corrected chi connectivity index (χ2v) is 8.57. The first-order chi connectivity index (χ1) is 13.3. The summed E-state index contributed by atoms with van der Waals surface area (Å²) in [4.78, 5) is 25.2. The minimum Gasteiger partial charge on any atom is -0.404 e. The standard InChI is InChI=1S/C18H21N2O7P/c1-11-7-12(2)14-10-25-28(23,27-15(14)8-11)24-9-13-3-4-17(26-13)20-6-5-16(21)19-18(20)22/h5-8,13,17H,3-4,9-10H2,1-2H3,(H,19,21,22). The van der Waals surface area contributed by atoms with Crippen LogP contribution in [0.15, 0.2) is 34.0 Å². The highest BCUT2D eigenvalue weighted by Crippen LogP contribution is 2.55. The van der Waals surface area contributed by atoms with E-state index < -0.39 is 25.3 Å². The van der Waals surface area contributed by atoms with Gasteiger partial charge in [-0.2, -0.15) is 0 Å². The molecule has 1 fully saturated rings. The van der Waals surface area contributed by atoms with Crippen LogP contribution in [0.3, 0.4) is 0 Å². The quantitative estimate of drug-likeness (QED) is 0.775. The Labute approximate surface area is 160 Å². The molecule has 3 unspecified atom stereocenters. The van der Waals surface area contributed by atoms with Crippen molar-refractivity contribution in [2.24, 2.45) is 0 Å². The van der Waals surface area contributed by atoms with Crippen LogP contribution in [0.25, 0.3) is 0 Å². The Morgan fingerprint density at radius 1 is 1.29 bits per heavy atom. The van der Waals surface area contributed by atoms with Crippen molar-refractivity contribution in [3.63, 3.8) is 0 Å². The molecule has 2 aliphatic heterocycles. The molecule has 1 aromatic carbocycles. The normalized spacial score (nSPS) is 26.6. The second-order valence-electron chi connectivity index (χ2n) is 6.97. The molecular formula is C18H21N2O7P. The fourth-order valence-corrected chi connectivity index (χ4v) is 4.64.